The van der Waals surface area contributed by atoms with Crippen LogP contribution in [-0.2, 0) is 6.42 Å². The summed E-state index contributed by atoms with van der Waals surface area (Å²) in [6, 6.07) is 11.2. The lowest BCUT2D eigenvalue weighted by atomic mass is 10.1. The summed E-state index contributed by atoms with van der Waals surface area (Å²) >= 11 is 5.90. The highest BCUT2D eigenvalue weighted by atomic mass is 35.5. The second-order valence-electron chi connectivity index (χ2n) is 4.78. The van der Waals surface area contributed by atoms with Crippen LogP contribution < -0.4 is 10.1 Å². The third-order valence-electron chi connectivity index (χ3n) is 3.23. The number of carbonyl (C=O) groups excluding carboxylic acids is 1. The van der Waals surface area contributed by atoms with Crippen LogP contribution in [-0.4, -0.2) is 24.5 Å². The fraction of sp³-hybridized carbons (Fsp3) is 0.188. The predicted molar refractivity (Wildman–Crippen MR) is 87.1 cm³/mol. The maximum Gasteiger partial charge on any atom is 0.270 e. The van der Waals surface area contributed by atoms with Crippen LogP contribution >= 0.6 is 11.6 Å². The third kappa shape index (κ3) is 4.43. The van der Waals surface area contributed by atoms with Crippen molar-refractivity contribution >= 4 is 23.2 Å². The lowest BCUT2D eigenvalue weighted by Crippen LogP contribution is -2.26. The molecule has 0 aliphatic carbocycles. The van der Waals surface area contributed by atoms with E-state index in [-0.39, 0.29) is 17.0 Å². The van der Waals surface area contributed by atoms with E-state index in [9.17, 15) is 14.9 Å². The summed E-state index contributed by atoms with van der Waals surface area (Å²) in [6.45, 7) is 0.380. The smallest absolute Gasteiger partial charge is 0.270 e. The van der Waals surface area contributed by atoms with E-state index < -0.39 is 10.8 Å². The number of hydrogen-bond acceptors (Lipinski definition) is 4. The lowest BCUT2D eigenvalue weighted by molar-refractivity contribution is -0.384. The Bertz CT molecular complexity index is 734. The van der Waals surface area contributed by atoms with Gasteiger partial charge in [-0.1, -0.05) is 23.7 Å². The second kappa shape index (κ2) is 7.60. The molecule has 0 aromatic heterocycles. The fourth-order valence-electron chi connectivity index (χ4n) is 2.10. The van der Waals surface area contributed by atoms with Gasteiger partial charge in [0.1, 0.15) is 5.75 Å². The molecule has 0 heterocycles. The molecule has 2 rings (SSSR count). The van der Waals surface area contributed by atoms with Crippen molar-refractivity contribution in [1.29, 1.82) is 0 Å². The largest absolute Gasteiger partial charge is 0.496 e. The van der Waals surface area contributed by atoms with Crippen molar-refractivity contribution in [2.24, 2.45) is 0 Å². The Balaban J connectivity index is 2.05. The summed E-state index contributed by atoms with van der Waals surface area (Å²) < 4.78 is 5.08. The maximum absolute atomic E-state index is 12.2. The summed E-state index contributed by atoms with van der Waals surface area (Å²) in [7, 11) is 1.41. The number of ether oxygens (including phenoxy) is 1. The van der Waals surface area contributed by atoms with E-state index in [1.54, 1.807) is 6.07 Å². The number of nitrogens with one attached hydrogen (secondary N) is 1. The number of halogens is 1. The molecule has 0 unspecified atom stereocenters. The zero-order valence-electron chi connectivity index (χ0n) is 12.4. The quantitative estimate of drug-likeness (QED) is 0.649. The third-order valence-corrected chi connectivity index (χ3v) is 3.46. The molecule has 1 amide bonds. The molecule has 120 valence electrons. The number of benzene rings is 2. The van der Waals surface area contributed by atoms with Crippen LogP contribution in [0.5, 0.6) is 5.75 Å². The molecule has 0 aliphatic rings. The minimum atomic E-state index is -0.553. The Hall–Kier alpha value is -2.60. The van der Waals surface area contributed by atoms with Crippen LogP contribution in [0.2, 0.25) is 5.02 Å². The molecule has 2 aromatic rings. The van der Waals surface area contributed by atoms with Gasteiger partial charge < -0.3 is 10.1 Å². The highest BCUT2D eigenvalue weighted by molar-refractivity contribution is 6.30. The zero-order valence-corrected chi connectivity index (χ0v) is 13.2. The molecule has 1 N–H and O–H groups in total. The van der Waals surface area contributed by atoms with Gasteiger partial charge in [-0.05, 0) is 30.2 Å². The molecule has 0 aliphatic heterocycles. The SMILES string of the molecule is COc1ccc([N+](=O)[O-])cc1C(=O)NCCc1cccc(Cl)c1. The minimum Gasteiger partial charge on any atom is -0.496 e. The molecule has 0 spiro atoms. The minimum absolute atomic E-state index is 0.132. The average molecular weight is 335 g/mol. The first-order chi connectivity index (χ1) is 11.0. The number of hydrogen-bond donors (Lipinski definition) is 1. The molecule has 23 heavy (non-hydrogen) atoms. The second-order valence-corrected chi connectivity index (χ2v) is 5.21. The van der Waals surface area contributed by atoms with E-state index in [0.717, 1.165) is 5.56 Å². The molecule has 0 atom stereocenters. The molecule has 0 fully saturated rings. The van der Waals surface area contributed by atoms with Crippen LogP contribution in [0.1, 0.15) is 15.9 Å². The topological polar surface area (TPSA) is 81.5 Å². The molecule has 6 nitrogen and oxygen atoms in total. The van der Waals surface area contributed by atoms with Gasteiger partial charge in [0.2, 0.25) is 0 Å². The summed E-state index contributed by atoms with van der Waals surface area (Å²) in [4.78, 5) is 22.5. The summed E-state index contributed by atoms with van der Waals surface area (Å²) in [5.41, 5.74) is 0.961. The number of methoxy groups -OCH3 is 1. The summed E-state index contributed by atoms with van der Waals surface area (Å²) in [5.74, 6) is -0.136. The number of nitrogens with zero attached hydrogens (tertiary/aromatic N) is 1. The molecule has 2 aromatic carbocycles. The molecule has 0 saturated heterocycles. The van der Waals surface area contributed by atoms with Gasteiger partial charge >= 0.3 is 0 Å². The van der Waals surface area contributed by atoms with Crippen molar-refractivity contribution in [3.8, 4) is 5.75 Å². The molecule has 7 heteroatoms. The van der Waals surface area contributed by atoms with Gasteiger partial charge in [-0.15, -0.1) is 0 Å². The first-order valence-corrected chi connectivity index (χ1v) is 7.24. The van der Waals surface area contributed by atoms with Crippen LogP contribution in [0.25, 0.3) is 0 Å². The lowest BCUT2D eigenvalue weighted by Gasteiger charge is -2.09. The number of non-ortho nitro benzene ring substituents is 1. The normalized spacial score (nSPS) is 10.2. The number of nitro benzene ring substituents is 1. The summed E-state index contributed by atoms with van der Waals surface area (Å²) in [5, 5.41) is 14.2. The molecule has 0 radical (unpaired) electrons. The van der Waals surface area contributed by atoms with Gasteiger partial charge in [0.25, 0.3) is 11.6 Å². The van der Waals surface area contributed by atoms with Gasteiger partial charge in [0.05, 0.1) is 17.6 Å². The molecular formula is C16H15ClN2O4. The number of amides is 1. The Morgan fingerprint density at radius 2 is 2.09 bits per heavy atom. The first-order valence-electron chi connectivity index (χ1n) is 6.86. The van der Waals surface area contributed by atoms with Crippen LogP contribution in [0.3, 0.4) is 0 Å². The van der Waals surface area contributed by atoms with Crippen LogP contribution in [0.4, 0.5) is 5.69 Å². The van der Waals surface area contributed by atoms with E-state index >= 15 is 0 Å². The van der Waals surface area contributed by atoms with Crippen LogP contribution in [0, 0.1) is 10.1 Å². The van der Waals surface area contributed by atoms with Crippen molar-refractivity contribution in [1.82, 2.24) is 5.32 Å². The first kappa shape index (κ1) is 16.8. The molecule has 0 bridgehead atoms. The highest BCUT2D eigenvalue weighted by Crippen LogP contribution is 2.23. The van der Waals surface area contributed by atoms with Crippen molar-refractivity contribution in [2.75, 3.05) is 13.7 Å². The number of nitro groups is 1. The van der Waals surface area contributed by atoms with Gasteiger partial charge in [-0.3, -0.25) is 14.9 Å². The van der Waals surface area contributed by atoms with Crippen molar-refractivity contribution in [3.05, 3.63) is 68.7 Å². The molecular weight excluding hydrogens is 320 g/mol. The molecule has 0 saturated carbocycles. The Labute approximate surface area is 138 Å². The Kier molecular flexibility index (Phi) is 5.54. The van der Waals surface area contributed by atoms with E-state index in [2.05, 4.69) is 5.32 Å². The standard InChI is InChI=1S/C16H15ClN2O4/c1-23-15-6-5-13(19(21)22)10-14(15)16(20)18-8-7-11-3-2-4-12(17)9-11/h2-6,9-10H,7-8H2,1H3,(H,18,20). The van der Waals surface area contributed by atoms with Crippen molar-refractivity contribution < 1.29 is 14.5 Å². The van der Waals surface area contributed by atoms with Crippen LogP contribution in [0.15, 0.2) is 42.5 Å². The van der Waals surface area contributed by atoms with Gasteiger partial charge in [0.15, 0.2) is 0 Å². The van der Waals surface area contributed by atoms with Gasteiger partial charge in [0, 0.05) is 23.7 Å². The van der Waals surface area contributed by atoms with Crippen molar-refractivity contribution in [2.45, 2.75) is 6.42 Å². The Morgan fingerprint density at radius 1 is 1.30 bits per heavy atom. The monoisotopic (exact) mass is 334 g/mol. The predicted octanol–water partition coefficient (Wildman–Crippen LogP) is 3.23. The zero-order chi connectivity index (χ0) is 16.8. The van der Waals surface area contributed by atoms with Gasteiger partial charge in [-0.25, -0.2) is 0 Å². The summed E-state index contributed by atoms with van der Waals surface area (Å²) in [6.07, 6.45) is 0.601. The average Bonchev–Trinajstić information content (AvgIpc) is 2.54. The number of rotatable bonds is 6. The highest BCUT2D eigenvalue weighted by Gasteiger charge is 2.17. The number of carbonyl (C=O) groups is 1. The van der Waals surface area contributed by atoms with E-state index in [4.69, 9.17) is 16.3 Å². The van der Waals surface area contributed by atoms with E-state index in [1.807, 2.05) is 18.2 Å². The van der Waals surface area contributed by atoms with E-state index in [0.29, 0.717) is 18.0 Å². The van der Waals surface area contributed by atoms with Gasteiger partial charge in [-0.2, -0.15) is 0 Å². The maximum atomic E-state index is 12.2. The van der Waals surface area contributed by atoms with Crippen molar-refractivity contribution in [3.63, 3.8) is 0 Å². The Morgan fingerprint density at radius 3 is 2.74 bits per heavy atom. The van der Waals surface area contributed by atoms with E-state index in [1.165, 1.54) is 25.3 Å². The fourth-order valence-corrected chi connectivity index (χ4v) is 2.31.